The topological polar surface area (TPSA) is 90.7 Å². The van der Waals surface area contributed by atoms with Crippen molar-refractivity contribution in [2.75, 3.05) is 19.0 Å². The molecule has 8 heteroatoms. The third kappa shape index (κ3) is 3.23. The number of carbonyl (C=O) groups is 1. The molecule has 0 aliphatic carbocycles. The third-order valence-corrected chi connectivity index (χ3v) is 4.07. The van der Waals surface area contributed by atoms with Gasteiger partial charge in [0.25, 0.3) is 5.91 Å². The van der Waals surface area contributed by atoms with Crippen LogP contribution in [0.4, 0.5) is 5.13 Å². The summed E-state index contributed by atoms with van der Waals surface area (Å²) < 4.78 is 16.2. The average molecular weight is 346 g/mol. The van der Waals surface area contributed by atoms with Crippen molar-refractivity contribution in [1.29, 1.82) is 0 Å². The molecule has 0 atom stereocenters. The van der Waals surface area contributed by atoms with Crippen LogP contribution in [0, 0.1) is 0 Å². The van der Waals surface area contributed by atoms with Gasteiger partial charge in [0.2, 0.25) is 11.2 Å². The van der Waals surface area contributed by atoms with E-state index in [1.807, 2.05) is 25.1 Å². The number of methoxy groups -OCH3 is 1. The van der Waals surface area contributed by atoms with Gasteiger partial charge in [0.05, 0.1) is 23.9 Å². The first-order chi connectivity index (χ1) is 11.6. The molecule has 1 N–H and O–H groups in total. The molecular weight excluding hydrogens is 332 g/mol. The number of amides is 1. The number of anilines is 1. The Morgan fingerprint density at radius 1 is 1.38 bits per heavy atom. The van der Waals surface area contributed by atoms with Gasteiger partial charge >= 0.3 is 0 Å². The second-order valence-electron chi connectivity index (χ2n) is 4.71. The Morgan fingerprint density at radius 3 is 2.92 bits per heavy atom. The molecule has 124 valence electrons. The molecule has 0 fully saturated rings. The van der Waals surface area contributed by atoms with Gasteiger partial charge in [0, 0.05) is 6.07 Å². The molecule has 0 saturated carbocycles. The highest BCUT2D eigenvalue weighted by atomic mass is 32.1. The van der Waals surface area contributed by atoms with Gasteiger partial charge in [0.15, 0.2) is 10.9 Å². The van der Waals surface area contributed by atoms with Crippen LogP contribution in [-0.2, 0) is 0 Å². The van der Waals surface area contributed by atoms with E-state index in [2.05, 4.69) is 10.3 Å². The highest BCUT2D eigenvalue weighted by Crippen LogP contribution is 2.29. The smallest absolute Gasteiger partial charge is 0.293 e. The van der Waals surface area contributed by atoms with Crippen molar-refractivity contribution in [3.05, 3.63) is 46.5 Å². The minimum Gasteiger partial charge on any atom is -0.494 e. The summed E-state index contributed by atoms with van der Waals surface area (Å²) in [4.78, 5) is 28.2. The summed E-state index contributed by atoms with van der Waals surface area (Å²) in [5.41, 5.74) is 0.314. The molecule has 0 unspecified atom stereocenters. The van der Waals surface area contributed by atoms with Gasteiger partial charge in [-0.2, -0.15) is 0 Å². The number of nitrogens with one attached hydrogen (secondary N) is 1. The zero-order valence-electron chi connectivity index (χ0n) is 13.0. The molecule has 0 aliphatic rings. The number of hydrogen-bond acceptors (Lipinski definition) is 7. The average Bonchev–Trinajstić information content (AvgIpc) is 2.96. The van der Waals surface area contributed by atoms with Gasteiger partial charge in [-0.05, 0) is 25.1 Å². The number of fused-ring (bicyclic) bond motifs is 1. The number of benzene rings is 1. The maximum atomic E-state index is 12.2. The highest BCUT2D eigenvalue weighted by Gasteiger charge is 2.14. The molecule has 2 heterocycles. The van der Waals surface area contributed by atoms with E-state index in [1.54, 1.807) is 0 Å². The predicted molar refractivity (Wildman–Crippen MR) is 90.3 cm³/mol. The lowest BCUT2D eigenvalue weighted by molar-refractivity contribution is 0.0993. The minimum atomic E-state index is -0.557. The van der Waals surface area contributed by atoms with Crippen molar-refractivity contribution in [2.45, 2.75) is 6.92 Å². The van der Waals surface area contributed by atoms with Crippen LogP contribution in [0.1, 0.15) is 17.5 Å². The monoisotopic (exact) mass is 346 g/mol. The Balaban J connectivity index is 1.82. The molecule has 7 nitrogen and oxygen atoms in total. The number of carbonyl (C=O) groups excluding carboxylic acids is 1. The van der Waals surface area contributed by atoms with E-state index in [0.717, 1.165) is 28.3 Å². The zero-order chi connectivity index (χ0) is 17.1. The van der Waals surface area contributed by atoms with E-state index in [0.29, 0.717) is 11.7 Å². The summed E-state index contributed by atoms with van der Waals surface area (Å²) in [7, 11) is 1.35. The molecule has 1 aromatic carbocycles. The number of rotatable bonds is 5. The highest BCUT2D eigenvalue weighted by molar-refractivity contribution is 7.22. The van der Waals surface area contributed by atoms with Crippen LogP contribution in [0.2, 0.25) is 0 Å². The van der Waals surface area contributed by atoms with E-state index in [4.69, 9.17) is 13.9 Å². The molecule has 1 amide bonds. The molecule has 0 saturated heterocycles. The Labute approximate surface area is 140 Å². The fraction of sp³-hybridized carbons (Fsp3) is 0.188. The molecule has 24 heavy (non-hydrogen) atoms. The van der Waals surface area contributed by atoms with Crippen LogP contribution in [0.25, 0.3) is 10.2 Å². The Hall–Kier alpha value is -2.87. The van der Waals surface area contributed by atoms with E-state index >= 15 is 0 Å². The Bertz CT molecular complexity index is 947. The van der Waals surface area contributed by atoms with E-state index in [-0.39, 0.29) is 11.5 Å². The molecule has 2 aromatic heterocycles. The molecule has 3 rings (SSSR count). The maximum absolute atomic E-state index is 12.2. The van der Waals surface area contributed by atoms with Crippen molar-refractivity contribution < 1.29 is 18.7 Å². The number of hydrogen-bond donors (Lipinski definition) is 1. The van der Waals surface area contributed by atoms with Crippen molar-refractivity contribution in [1.82, 2.24) is 4.98 Å². The second kappa shape index (κ2) is 6.71. The third-order valence-electron chi connectivity index (χ3n) is 3.13. The Kier molecular flexibility index (Phi) is 4.48. The van der Waals surface area contributed by atoms with Crippen molar-refractivity contribution in [2.24, 2.45) is 0 Å². The lowest BCUT2D eigenvalue weighted by atomic mass is 10.3. The van der Waals surface area contributed by atoms with Crippen molar-refractivity contribution in [3.8, 4) is 11.5 Å². The molecule has 0 radical (unpaired) electrons. The zero-order valence-corrected chi connectivity index (χ0v) is 13.8. The predicted octanol–water partition coefficient (Wildman–Crippen LogP) is 2.91. The summed E-state index contributed by atoms with van der Waals surface area (Å²) in [5, 5.41) is 3.02. The quantitative estimate of drug-likeness (QED) is 0.764. The molecule has 0 bridgehead atoms. The number of thiazole rings is 1. The first-order valence-corrected chi connectivity index (χ1v) is 7.94. The van der Waals surface area contributed by atoms with Crippen molar-refractivity contribution in [3.63, 3.8) is 0 Å². The lowest BCUT2D eigenvalue weighted by Gasteiger charge is -2.01. The van der Waals surface area contributed by atoms with Gasteiger partial charge in [-0.15, -0.1) is 0 Å². The van der Waals surface area contributed by atoms with Crippen LogP contribution in [-0.4, -0.2) is 24.6 Å². The summed E-state index contributed by atoms with van der Waals surface area (Å²) in [6.45, 7) is 2.48. The molecule has 0 spiro atoms. The maximum Gasteiger partial charge on any atom is 0.293 e. The van der Waals surface area contributed by atoms with Crippen LogP contribution < -0.4 is 20.2 Å². The first kappa shape index (κ1) is 16.0. The van der Waals surface area contributed by atoms with Crippen LogP contribution in [0.3, 0.4) is 0 Å². The summed E-state index contributed by atoms with van der Waals surface area (Å²) >= 11 is 1.30. The standard InChI is InChI=1S/C16H14N2O5S/c1-3-22-9-4-5-10-14(6-9)24-16(17-10)18-15(20)12-7-11(19)13(21-2)8-23-12/h4-8H,3H2,1-2H3,(H,17,18,20). The van der Waals surface area contributed by atoms with E-state index in [9.17, 15) is 9.59 Å². The van der Waals surface area contributed by atoms with Crippen LogP contribution in [0.15, 0.2) is 39.7 Å². The van der Waals surface area contributed by atoms with Gasteiger partial charge < -0.3 is 13.9 Å². The van der Waals surface area contributed by atoms with Crippen molar-refractivity contribution >= 4 is 32.6 Å². The summed E-state index contributed by atoms with van der Waals surface area (Å²) in [6.07, 6.45) is 1.10. The summed E-state index contributed by atoms with van der Waals surface area (Å²) in [6, 6.07) is 6.58. The number of ether oxygens (including phenoxy) is 2. The fourth-order valence-corrected chi connectivity index (χ4v) is 2.93. The van der Waals surface area contributed by atoms with E-state index < -0.39 is 11.3 Å². The van der Waals surface area contributed by atoms with Gasteiger partial charge in [-0.25, -0.2) is 4.98 Å². The second-order valence-corrected chi connectivity index (χ2v) is 5.74. The largest absolute Gasteiger partial charge is 0.494 e. The van der Waals surface area contributed by atoms with Crippen LogP contribution >= 0.6 is 11.3 Å². The summed E-state index contributed by atoms with van der Waals surface area (Å²) in [5.74, 6) is 0.108. The lowest BCUT2D eigenvalue weighted by Crippen LogP contribution is -2.15. The van der Waals surface area contributed by atoms with Crippen LogP contribution in [0.5, 0.6) is 11.5 Å². The first-order valence-electron chi connectivity index (χ1n) is 7.12. The number of aromatic nitrogens is 1. The number of nitrogens with zero attached hydrogens (tertiary/aromatic N) is 1. The molecule has 3 aromatic rings. The molecule has 0 aliphatic heterocycles. The fourth-order valence-electron chi connectivity index (χ4n) is 2.04. The SMILES string of the molecule is CCOc1ccc2nc(NC(=O)c3cc(=O)c(OC)co3)sc2c1. The Morgan fingerprint density at radius 2 is 2.21 bits per heavy atom. The van der Waals surface area contributed by atoms with Gasteiger partial charge in [0.1, 0.15) is 12.0 Å². The minimum absolute atomic E-state index is 0.0370. The van der Waals surface area contributed by atoms with Gasteiger partial charge in [-0.1, -0.05) is 11.3 Å². The molecular formula is C16H14N2O5S. The van der Waals surface area contributed by atoms with Gasteiger partial charge in [-0.3, -0.25) is 14.9 Å². The van der Waals surface area contributed by atoms with E-state index in [1.165, 1.54) is 18.4 Å². The normalized spacial score (nSPS) is 10.6.